The summed E-state index contributed by atoms with van der Waals surface area (Å²) in [5, 5.41) is 5.93. The Morgan fingerprint density at radius 2 is 2.04 bits per heavy atom. The summed E-state index contributed by atoms with van der Waals surface area (Å²) in [4.78, 5) is 20.9. The third-order valence-corrected chi connectivity index (χ3v) is 5.05. The Kier molecular flexibility index (Phi) is 4.71. The van der Waals surface area contributed by atoms with Crippen molar-refractivity contribution in [2.45, 2.75) is 37.8 Å². The van der Waals surface area contributed by atoms with Gasteiger partial charge in [-0.05, 0) is 57.5 Å². The monoisotopic (exact) mass is 317 g/mol. The Hall–Kier alpha value is -1.82. The van der Waals surface area contributed by atoms with Crippen LogP contribution in [0.3, 0.4) is 0 Å². The maximum absolute atomic E-state index is 12.0. The number of anilines is 1. The minimum atomic E-state index is -0.0994. The van der Waals surface area contributed by atoms with Crippen molar-refractivity contribution in [3.8, 4) is 0 Å². The molecule has 1 aromatic heterocycles. The molecular weight excluding hydrogens is 290 g/mol. The number of hydrogen-bond acceptors (Lipinski definition) is 4. The molecule has 0 spiro atoms. The van der Waals surface area contributed by atoms with Gasteiger partial charge in [-0.1, -0.05) is 0 Å². The summed E-state index contributed by atoms with van der Waals surface area (Å²) < 4.78 is 0. The fourth-order valence-electron chi connectivity index (χ4n) is 3.11. The van der Waals surface area contributed by atoms with E-state index in [1.807, 2.05) is 12.3 Å². The lowest BCUT2D eigenvalue weighted by atomic mass is 10.2. The van der Waals surface area contributed by atoms with Crippen LogP contribution < -0.4 is 15.5 Å². The van der Waals surface area contributed by atoms with Crippen molar-refractivity contribution in [2.75, 3.05) is 38.6 Å². The Bertz CT molecular complexity index is 550. The Balaban J connectivity index is 1.46. The summed E-state index contributed by atoms with van der Waals surface area (Å²) in [5.74, 6) is 1.02. The lowest BCUT2D eigenvalue weighted by molar-refractivity contribution is 0.227. The first-order valence-corrected chi connectivity index (χ1v) is 8.48. The molecule has 0 radical (unpaired) electrons. The van der Waals surface area contributed by atoms with Crippen molar-refractivity contribution in [2.24, 2.45) is 0 Å². The van der Waals surface area contributed by atoms with Crippen molar-refractivity contribution < 1.29 is 4.79 Å². The smallest absolute Gasteiger partial charge is 0.315 e. The quantitative estimate of drug-likeness (QED) is 0.836. The van der Waals surface area contributed by atoms with Crippen molar-refractivity contribution in [3.05, 3.63) is 23.9 Å². The number of hydrogen-bond donors (Lipinski definition) is 2. The summed E-state index contributed by atoms with van der Waals surface area (Å²) in [5.41, 5.74) is 1.27. The zero-order valence-corrected chi connectivity index (χ0v) is 14.1. The van der Waals surface area contributed by atoms with E-state index in [4.69, 9.17) is 0 Å². The molecule has 1 saturated heterocycles. The van der Waals surface area contributed by atoms with Gasteiger partial charge in [0.05, 0.1) is 0 Å². The molecule has 1 saturated carbocycles. The van der Waals surface area contributed by atoms with Gasteiger partial charge in [-0.25, -0.2) is 9.78 Å². The average molecular weight is 317 g/mol. The number of nitrogens with zero attached hydrogens (tertiary/aromatic N) is 3. The number of likely N-dealkylation sites (N-methyl/N-ethyl adjacent to an activating group) is 1. The fourth-order valence-corrected chi connectivity index (χ4v) is 3.11. The van der Waals surface area contributed by atoms with Gasteiger partial charge in [0.2, 0.25) is 0 Å². The first kappa shape index (κ1) is 16.1. The summed E-state index contributed by atoms with van der Waals surface area (Å²) in [6.07, 6.45) is 6.61. The number of nitrogens with one attached hydrogen (secondary N) is 2. The minimum Gasteiger partial charge on any atom is -0.357 e. The van der Waals surface area contributed by atoms with E-state index < -0.39 is 0 Å². The van der Waals surface area contributed by atoms with Crippen molar-refractivity contribution >= 4 is 11.8 Å². The molecule has 2 heterocycles. The zero-order chi connectivity index (χ0) is 16.3. The predicted octanol–water partition coefficient (Wildman–Crippen LogP) is 1.58. The van der Waals surface area contributed by atoms with E-state index in [1.165, 1.54) is 12.8 Å². The average Bonchev–Trinajstić information content (AvgIpc) is 3.16. The SMILES string of the molecule is CN(C)C1(CNC(=O)NCc2ccnc(N3CCCC3)c2)CC1. The van der Waals surface area contributed by atoms with E-state index in [0.717, 1.165) is 37.3 Å². The topological polar surface area (TPSA) is 60.5 Å². The molecule has 126 valence electrons. The number of aromatic nitrogens is 1. The predicted molar refractivity (Wildman–Crippen MR) is 91.6 cm³/mol. The van der Waals surface area contributed by atoms with Gasteiger partial charge in [-0.15, -0.1) is 0 Å². The summed E-state index contributed by atoms with van der Waals surface area (Å²) in [6.45, 7) is 3.40. The first-order chi connectivity index (χ1) is 11.1. The molecule has 1 aromatic rings. The molecule has 6 nitrogen and oxygen atoms in total. The van der Waals surface area contributed by atoms with Gasteiger partial charge in [-0.2, -0.15) is 0 Å². The van der Waals surface area contributed by atoms with Gasteiger partial charge >= 0.3 is 6.03 Å². The van der Waals surface area contributed by atoms with Crippen LogP contribution in [0.2, 0.25) is 0 Å². The van der Waals surface area contributed by atoms with Gasteiger partial charge in [0.15, 0.2) is 0 Å². The van der Waals surface area contributed by atoms with Crippen LogP contribution in [0, 0.1) is 0 Å². The highest BCUT2D eigenvalue weighted by Crippen LogP contribution is 2.39. The molecule has 2 fully saturated rings. The number of urea groups is 1. The third-order valence-electron chi connectivity index (χ3n) is 5.05. The van der Waals surface area contributed by atoms with Crippen LogP contribution in [-0.2, 0) is 6.54 Å². The summed E-state index contributed by atoms with van der Waals surface area (Å²) >= 11 is 0. The molecular formula is C17H27N5O. The number of carbonyl (C=O) groups excluding carboxylic acids is 1. The molecule has 1 aliphatic heterocycles. The molecule has 2 aliphatic rings. The molecule has 0 bridgehead atoms. The largest absolute Gasteiger partial charge is 0.357 e. The molecule has 1 aliphatic carbocycles. The molecule has 0 atom stereocenters. The molecule has 6 heteroatoms. The number of pyridine rings is 1. The van der Waals surface area contributed by atoms with Crippen molar-refractivity contribution in [1.82, 2.24) is 20.5 Å². The summed E-state index contributed by atoms with van der Waals surface area (Å²) in [6, 6.07) is 3.94. The second-order valence-electron chi connectivity index (χ2n) is 6.87. The van der Waals surface area contributed by atoms with Crippen LogP contribution in [0.5, 0.6) is 0 Å². The number of rotatable bonds is 6. The van der Waals surface area contributed by atoms with Gasteiger partial charge in [0, 0.05) is 37.9 Å². The van der Waals surface area contributed by atoms with Crippen LogP contribution in [0.4, 0.5) is 10.6 Å². The lowest BCUT2D eigenvalue weighted by Gasteiger charge is -2.24. The van der Waals surface area contributed by atoms with Gasteiger partial charge in [-0.3, -0.25) is 0 Å². The Morgan fingerprint density at radius 1 is 1.30 bits per heavy atom. The maximum atomic E-state index is 12.0. The van der Waals surface area contributed by atoms with Crippen LogP contribution in [0.25, 0.3) is 0 Å². The highest BCUT2D eigenvalue weighted by atomic mass is 16.2. The molecule has 0 unspecified atom stereocenters. The summed E-state index contributed by atoms with van der Waals surface area (Å²) in [7, 11) is 4.15. The normalized spacial score (nSPS) is 19.0. The van der Waals surface area contributed by atoms with E-state index in [0.29, 0.717) is 13.1 Å². The lowest BCUT2D eigenvalue weighted by Crippen LogP contribution is -2.45. The van der Waals surface area contributed by atoms with Crippen molar-refractivity contribution in [1.29, 1.82) is 0 Å². The number of carbonyl (C=O) groups is 1. The second-order valence-corrected chi connectivity index (χ2v) is 6.87. The molecule has 23 heavy (non-hydrogen) atoms. The highest BCUT2D eigenvalue weighted by Gasteiger charge is 2.44. The van der Waals surface area contributed by atoms with Crippen LogP contribution >= 0.6 is 0 Å². The van der Waals surface area contributed by atoms with Crippen LogP contribution in [0.1, 0.15) is 31.2 Å². The maximum Gasteiger partial charge on any atom is 0.315 e. The number of amides is 2. The van der Waals surface area contributed by atoms with E-state index >= 15 is 0 Å². The molecule has 0 aromatic carbocycles. The molecule has 2 amide bonds. The second kappa shape index (κ2) is 6.74. The van der Waals surface area contributed by atoms with Gasteiger partial charge < -0.3 is 20.4 Å². The standard InChI is InChI=1S/C17H27N5O/c1-21(2)17(6-7-17)13-20-16(23)19-12-14-5-8-18-15(11-14)22-9-3-4-10-22/h5,8,11H,3-4,6-7,9-10,12-13H2,1-2H3,(H2,19,20,23). The van der Waals surface area contributed by atoms with Gasteiger partial charge in [0.1, 0.15) is 5.82 Å². The van der Waals surface area contributed by atoms with E-state index in [2.05, 4.69) is 45.6 Å². The first-order valence-electron chi connectivity index (χ1n) is 8.48. The Labute approximate surface area is 138 Å². The fraction of sp³-hybridized carbons (Fsp3) is 0.647. The van der Waals surface area contributed by atoms with E-state index in [1.54, 1.807) is 0 Å². The Morgan fingerprint density at radius 3 is 2.70 bits per heavy atom. The van der Waals surface area contributed by atoms with Crippen LogP contribution in [-0.4, -0.2) is 55.2 Å². The highest BCUT2D eigenvalue weighted by molar-refractivity contribution is 5.74. The van der Waals surface area contributed by atoms with Crippen LogP contribution in [0.15, 0.2) is 18.3 Å². The van der Waals surface area contributed by atoms with E-state index in [-0.39, 0.29) is 11.6 Å². The van der Waals surface area contributed by atoms with Crippen molar-refractivity contribution in [3.63, 3.8) is 0 Å². The molecule has 3 rings (SSSR count). The minimum absolute atomic E-state index is 0.0994. The third kappa shape index (κ3) is 3.93. The van der Waals surface area contributed by atoms with E-state index in [9.17, 15) is 4.79 Å². The molecule has 2 N–H and O–H groups in total. The van der Waals surface area contributed by atoms with Gasteiger partial charge in [0.25, 0.3) is 0 Å². The zero-order valence-electron chi connectivity index (χ0n) is 14.1.